The molecule has 0 spiro atoms. The van der Waals surface area contributed by atoms with E-state index >= 15 is 0 Å². The zero-order valence-electron chi connectivity index (χ0n) is 11.7. The van der Waals surface area contributed by atoms with Crippen molar-refractivity contribution in [3.05, 3.63) is 28.2 Å². The number of nitrogens with one attached hydrogen (secondary N) is 1. The van der Waals surface area contributed by atoms with Crippen LogP contribution in [-0.2, 0) is 9.59 Å². The van der Waals surface area contributed by atoms with E-state index in [4.69, 9.17) is 33.0 Å². The Morgan fingerprint density at radius 3 is 2.57 bits per heavy atom. The number of carbonyl (C=O) groups excluding carboxylic acids is 1. The van der Waals surface area contributed by atoms with Crippen molar-refractivity contribution in [2.75, 3.05) is 6.54 Å². The third-order valence-corrected chi connectivity index (χ3v) is 3.25. The molecule has 0 bridgehead atoms. The molecule has 21 heavy (non-hydrogen) atoms. The number of rotatable bonds is 7. The second-order valence-corrected chi connectivity index (χ2v) is 5.63. The minimum absolute atomic E-state index is 0.00146. The Morgan fingerprint density at radius 2 is 2.00 bits per heavy atom. The highest BCUT2D eigenvalue weighted by Crippen LogP contribution is 2.28. The van der Waals surface area contributed by atoms with Gasteiger partial charge in [-0.1, -0.05) is 30.1 Å². The molecule has 0 aliphatic carbocycles. The maximum Gasteiger partial charge on any atom is 0.303 e. The second kappa shape index (κ2) is 8.10. The average Bonchev–Trinajstić information content (AvgIpc) is 2.38. The van der Waals surface area contributed by atoms with E-state index in [-0.39, 0.29) is 24.8 Å². The molecule has 0 radical (unpaired) electrons. The van der Waals surface area contributed by atoms with Crippen LogP contribution in [0.2, 0.25) is 10.0 Å². The Balaban J connectivity index is 2.49. The van der Waals surface area contributed by atoms with E-state index in [0.717, 1.165) is 0 Å². The van der Waals surface area contributed by atoms with Crippen LogP contribution in [-0.4, -0.2) is 29.6 Å². The van der Waals surface area contributed by atoms with Gasteiger partial charge < -0.3 is 15.2 Å². The zero-order chi connectivity index (χ0) is 16.0. The van der Waals surface area contributed by atoms with Crippen molar-refractivity contribution in [3.8, 4) is 5.75 Å². The summed E-state index contributed by atoms with van der Waals surface area (Å²) in [6, 6.07) is 4.72. The van der Waals surface area contributed by atoms with Gasteiger partial charge in [0.05, 0.1) is 5.02 Å². The molecule has 1 rings (SSSR count). The van der Waals surface area contributed by atoms with Crippen molar-refractivity contribution in [1.82, 2.24) is 5.32 Å². The van der Waals surface area contributed by atoms with Crippen LogP contribution in [0, 0.1) is 5.92 Å². The first-order chi connectivity index (χ1) is 9.79. The number of halogens is 2. The lowest BCUT2D eigenvalue weighted by molar-refractivity contribution is -0.138. The molecule has 0 saturated carbocycles. The molecule has 0 aliphatic rings. The maximum absolute atomic E-state index is 11.9. The molecule has 1 aromatic carbocycles. The summed E-state index contributed by atoms with van der Waals surface area (Å²) in [4.78, 5) is 22.4. The highest BCUT2D eigenvalue weighted by molar-refractivity contribution is 6.35. The molecular formula is C14H17Cl2NO4. The van der Waals surface area contributed by atoms with Gasteiger partial charge in [0, 0.05) is 18.0 Å². The monoisotopic (exact) mass is 333 g/mol. The SMILES string of the molecule is CC(CNC(=O)C(C)Oc1ccc(Cl)cc1Cl)CC(=O)O. The van der Waals surface area contributed by atoms with E-state index < -0.39 is 12.1 Å². The summed E-state index contributed by atoms with van der Waals surface area (Å²) in [7, 11) is 0. The van der Waals surface area contributed by atoms with E-state index in [1.54, 1.807) is 26.0 Å². The van der Waals surface area contributed by atoms with Gasteiger partial charge in [-0.3, -0.25) is 9.59 Å². The minimum atomic E-state index is -0.894. The minimum Gasteiger partial charge on any atom is -0.481 e. The fourth-order valence-electron chi connectivity index (χ4n) is 1.60. The molecule has 0 aliphatic heterocycles. The van der Waals surface area contributed by atoms with Gasteiger partial charge in [-0.2, -0.15) is 0 Å². The normalized spacial score (nSPS) is 13.3. The molecule has 7 heteroatoms. The van der Waals surface area contributed by atoms with Gasteiger partial charge in [0.25, 0.3) is 5.91 Å². The van der Waals surface area contributed by atoms with E-state index in [1.807, 2.05) is 0 Å². The third kappa shape index (κ3) is 6.23. The Kier molecular flexibility index (Phi) is 6.78. The van der Waals surface area contributed by atoms with Crippen LogP contribution >= 0.6 is 23.2 Å². The van der Waals surface area contributed by atoms with Crippen molar-refractivity contribution in [2.45, 2.75) is 26.4 Å². The number of carboxylic acids is 1. The smallest absolute Gasteiger partial charge is 0.303 e. The predicted octanol–water partition coefficient (Wildman–Crippen LogP) is 2.99. The average molecular weight is 334 g/mol. The van der Waals surface area contributed by atoms with Crippen molar-refractivity contribution in [1.29, 1.82) is 0 Å². The van der Waals surface area contributed by atoms with Crippen molar-refractivity contribution in [2.24, 2.45) is 5.92 Å². The van der Waals surface area contributed by atoms with E-state index in [9.17, 15) is 9.59 Å². The first kappa shape index (κ1) is 17.6. The molecule has 116 valence electrons. The van der Waals surface area contributed by atoms with Crippen LogP contribution < -0.4 is 10.1 Å². The van der Waals surface area contributed by atoms with E-state index in [1.165, 1.54) is 6.07 Å². The number of hydrogen-bond donors (Lipinski definition) is 2. The third-order valence-electron chi connectivity index (χ3n) is 2.71. The highest BCUT2D eigenvalue weighted by atomic mass is 35.5. The number of aliphatic carboxylic acids is 1. The van der Waals surface area contributed by atoms with E-state index in [2.05, 4.69) is 5.32 Å². The van der Waals surface area contributed by atoms with Gasteiger partial charge in [-0.15, -0.1) is 0 Å². The van der Waals surface area contributed by atoms with Gasteiger partial charge in [0.15, 0.2) is 6.10 Å². The van der Waals surface area contributed by atoms with Crippen LogP contribution in [0.1, 0.15) is 20.3 Å². The van der Waals surface area contributed by atoms with Gasteiger partial charge in [-0.25, -0.2) is 0 Å². The van der Waals surface area contributed by atoms with Crippen molar-refractivity contribution in [3.63, 3.8) is 0 Å². The topological polar surface area (TPSA) is 75.6 Å². The standard InChI is InChI=1S/C14H17Cl2NO4/c1-8(5-13(18)19)7-17-14(20)9(2)21-12-4-3-10(15)6-11(12)16/h3-4,6,8-9H,5,7H2,1-2H3,(H,17,20)(H,18,19). The summed E-state index contributed by atoms with van der Waals surface area (Å²) in [6.07, 6.45) is -0.751. The summed E-state index contributed by atoms with van der Waals surface area (Å²) in [5.74, 6) is -1.02. The summed E-state index contributed by atoms with van der Waals surface area (Å²) in [6.45, 7) is 3.60. The molecule has 0 saturated heterocycles. The number of ether oxygens (including phenoxy) is 1. The molecule has 0 heterocycles. The molecular weight excluding hydrogens is 317 g/mol. The fourth-order valence-corrected chi connectivity index (χ4v) is 2.06. The molecule has 0 aromatic heterocycles. The largest absolute Gasteiger partial charge is 0.481 e. The number of amides is 1. The highest BCUT2D eigenvalue weighted by Gasteiger charge is 2.17. The van der Waals surface area contributed by atoms with Gasteiger partial charge in [-0.05, 0) is 31.0 Å². The number of carboxylic acid groups (broad SMARTS) is 1. The molecule has 1 amide bonds. The molecule has 2 unspecified atom stereocenters. The zero-order valence-corrected chi connectivity index (χ0v) is 13.2. The van der Waals surface area contributed by atoms with Crippen molar-refractivity contribution < 1.29 is 19.4 Å². The summed E-state index contributed by atoms with van der Waals surface area (Å²) < 4.78 is 5.46. The van der Waals surface area contributed by atoms with Crippen molar-refractivity contribution >= 4 is 35.1 Å². The quantitative estimate of drug-likeness (QED) is 0.804. The molecule has 0 fully saturated rings. The number of carbonyl (C=O) groups is 2. The van der Waals surface area contributed by atoms with Crippen LogP contribution in [0.4, 0.5) is 0 Å². The van der Waals surface area contributed by atoms with Crippen LogP contribution in [0.15, 0.2) is 18.2 Å². The number of benzene rings is 1. The molecule has 2 atom stereocenters. The summed E-state index contributed by atoms with van der Waals surface area (Å²) in [5.41, 5.74) is 0. The lowest BCUT2D eigenvalue weighted by Crippen LogP contribution is -2.38. The Bertz CT molecular complexity index is 522. The van der Waals surface area contributed by atoms with Gasteiger partial charge >= 0.3 is 5.97 Å². The van der Waals surface area contributed by atoms with Crippen LogP contribution in [0.5, 0.6) is 5.75 Å². The van der Waals surface area contributed by atoms with Crippen LogP contribution in [0.25, 0.3) is 0 Å². The number of hydrogen-bond acceptors (Lipinski definition) is 3. The Labute approximate surface area is 133 Å². The first-order valence-corrected chi connectivity index (χ1v) is 7.16. The summed E-state index contributed by atoms with van der Waals surface area (Å²) in [5, 5.41) is 12.1. The maximum atomic E-state index is 11.9. The molecule has 5 nitrogen and oxygen atoms in total. The lowest BCUT2D eigenvalue weighted by Gasteiger charge is -2.17. The van der Waals surface area contributed by atoms with Gasteiger partial charge in [0.2, 0.25) is 0 Å². The second-order valence-electron chi connectivity index (χ2n) is 4.78. The van der Waals surface area contributed by atoms with Crippen LogP contribution in [0.3, 0.4) is 0 Å². The Hall–Kier alpha value is -1.46. The van der Waals surface area contributed by atoms with Gasteiger partial charge in [0.1, 0.15) is 5.75 Å². The fraction of sp³-hybridized carbons (Fsp3) is 0.429. The predicted molar refractivity (Wildman–Crippen MR) is 81.0 cm³/mol. The Morgan fingerprint density at radius 1 is 1.33 bits per heavy atom. The molecule has 2 N–H and O–H groups in total. The van der Waals surface area contributed by atoms with E-state index in [0.29, 0.717) is 15.8 Å². The molecule has 1 aromatic rings. The first-order valence-electron chi connectivity index (χ1n) is 6.40. The summed E-state index contributed by atoms with van der Waals surface area (Å²) >= 11 is 11.7. The lowest BCUT2D eigenvalue weighted by atomic mass is 10.1.